The molecular weight excluding hydrogens is 516 g/mol. The highest BCUT2D eigenvalue weighted by atomic mass is 32.2. The van der Waals surface area contributed by atoms with Gasteiger partial charge in [0.2, 0.25) is 0 Å². The number of rotatable bonds is 9. The molecule has 11 heteroatoms. The third-order valence-electron chi connectivity index (χ3n) is 6.45. The largest absolute Gasteiger partial charge is 0.497 e. The molecule has 10 nitrogen and oxygen atoms in total. The van der Waals surface area contributed by atoms with Crippen molar-refractivity contribution in [2.45, 2.75) is 31.1 Å². The molecule has 4 aromatic rings. The van der Waals surface area contributed by atoms with Gasteiger partial charge in [-0.25, -0.2) is 5.01 Å². The summed E-state index contributed by atoms with van der Waals surface area (Å²) in [6.45, 7) is 2.21. The molecule has 1 aliphatic heterocycles. The number of carbonyl (C=O) groups is 2. The van der Waals surface area contributed by atoms with Gasteiger partial charge in [0.15, 0.2) is 16.7 Å². The van der Waals surface area contributed by atoms with E-state index in [-0.39, 0.29) is 35.9 Å². The van der Waals surface area contributed by atoms with Gasteiger partial charge in [-0.1, -0.05) is 41.6 Å². The number of methoxy groups -OCH3 is 1. The van der Waals surface area contributed by atoms with Gasteiger partial charge in [-0.05, 0) is 54.4 Å². The lowest BCUT2D eigenvalue weighted by Crippen LogP contribution is -2.28. The molecule has 2 aromatic carbocycles. The number of thioether (sulfide) groups is 1. The highest BCUT2D eigenvalue weighted by molar-refractivity contribution is 7.99. The minimum atomic E-state index is -0.339. The fourth-order valence-corrected chi connectivity index (χ4v) is 5.00. The van der Waals surface area contributed by atoms with E-state index in [1.165, 1.54) is 18.0 Å². The molecule has 0 spiro atoms. The number of carbonyl (C=O) groups excluding carboxylic acids is 2. The van der Waals surface area contributed by atoms with Crippen molar-refractivity contribution in [1.29, 1.82) is 0 Å². The lowest BCUT2D eigenvalue weighted by Gasteiger charge is -2.22. The molecule has 1 aliphatic rings. The number of furan rings is 1. The molecule has 0 aliphatic carbocycles. The summed E-state index contributed by atoms with van der Waals surface area (Å²) in [5.41, 5.74) is 3.97. The number of ether oxygens (including phenoxy) is 1. The van der Waals surface area contributed by atoms with E-state index in [0.717, 1.165) is 28.2 Å². The van der Waals surface area contributed by atoms with Crippen LogP contribution in [0.1, 0.15) is 45.5 Å². The predicted molar refractivity (Wildman–Crippen MR) is 147 cm³/mol. The molecule has 1 atom stereocenters. The summed E-state index contributed by atoms with van der Waals surface area (Å²) in [6, 6.07) is 18.9. The van der Waals surface area contributed by atoms with Gasteiger partial charge < -0.3 is 19.0 Å². The van der Waals surface area contributed by atoms with Crippen molar-refractivity contribution in [2.75, 3.05) is 12.9 Å². The van der Waals surface area contributed by atoms with Crippen LogP contribution in [0, 0.1) is 6.92 Å². The van der Waals surface area contributed by atoms with Crippen LogP contribution in [0.25, 0.3) is 0 Å². The van der Waals surface area contributed by atoms with Crippen molar-refractivity contribution in [1.82, 2.24) is 25.1 Å². The minimum absolute atomic E-state index is 0.131. The molecular formula is C28H28N6O4S. The number of aryl methyl sites for hydroxylation is 1. The van der Waals surface area contributed by atoms with Crippen LogP contribution in [0.15, 0.2) is 81.6 Å². The number of aromatic nitrogens is 3. The molecule has 0 unspecified atom stereocenters. The normalized spacial score (nSPS) is 14.8. The Labute approximate surface area is 230 Å². The van der Waals surface area contributed by atoms with Crippen molar-refractivity contribution in [2.24, 2.45) is 12.1 Å². The first-order valence-electron chi connectivity index (χ1n) is 12.4. The maximum absolute atomic E-state index is 13.5. The Morgan fingerprint density at radius 1 is 1.10 bits per heavy atom. The molecule has 5 rings (SSSR count). The first kappa shape index (κ1) is 26.2. The van der Waals surface area contributed by atoms with Crippen molar-refractivity contribution in [3.8, 4) is 5.75 Å². The Hall–Kier alpha value is -4.38. The van der Waals surface area contributed by atoms with Crippen LogP contribution in [0.2, 0.25) is 0 Å². The van der Waals surface area contributed by atoms with E-state index >= 15 is 0 Å². The van der Waals surface area contributed by atoms with Gasteiger partial charge in [-0.15, -0.1) is 10.2 Å². The molecule has 2 amide bonds. The minimum Gasteiger partial charge on any atom is -0.497 e. The summed E-state index contributed by atoms with van der Waals surface area (Å²) in [6.07, 6.45) is 2.05. The summed E-state index contributed by atoms with van der Waals surface area (Å²) < 4.78 is 12.1. The number of hydrogen-bond donors (Lipinski definition) is 1. The van der Waals surface area contributed by atoms with Crippen molar-refractivity contribution in [3.05, 3.63) is 95.2 Å². The molecule has 0 saturated heterocycles. The second-order valence-corrected chi connectivity index (χ2v) is 9.99. The third kappa shape index (κ3) is 5.88. The molecule has 0 bridgehead atoms. The Morgan fingerprint density at radius 3 is 2.56 bits per heavy atom. The predicted octanol–water partition coefficient (Wildman–Crippen LogP) is 4.13. The molecule has 0 radical (unpaired) electrons. The van der Waals surface area contributed by atoms with Crippen molar-refractivity contribution in [3.63, 3.8) is 0 Å². The number of benzene rings is 2. The van der Waals surface area contributed by atoms with Gasteiger partial charge in [0.1, 0.15) is 5.75 Å². The fraction of sp³-hybridized carbons (Fsp3) is 0.250. The third-order valence-corrected chi connectivity index (χ3v) is 7.46. The van der Waals surface area contributed by atoms with Gasteiger partial charge in [-0.2, -0.15) is 5.10 Å². The maximum atomic E-state index is 13.5. The van der Waals surface area contributed by atoms with E-state index in [4.69, 9.17) is 14.3 Å². The van der Waals surface area contributed by atoms with Crippen LogP contribution in [-0.2, 0) is 18.4 Å². The average molecular weight is 545 g/mol. The van der Waals surface area contributed by atoms with E-state index < -0.39 is 0 Å². The van der Waals surface area contributed by atoms with E-state index in [9.17, 15) is 9.59 Å². The highest BCUT2D eigenvalue weighted by Crippen LogP contribution is 2.34. The second-order valence-electron chi connectivity index (χ2n) is 9.05. The molecule has 0 fully saturated rings. The Bertz CT molecular complexity index is 1480. The van der Waals surface area contributed by atoms with Crippen molar-refractivity contribution >= 4 is 29.3 Å². The van der Waals surface area contributed by atoms with Crippen LogP contribution < -0.4 is 10.1 Å². The van der Waals surface area contributed by atoms with Gasteiger partial charge in [0, 0.05) is 13.5 Å². The topological polar surface area (TPSA) is 115 Å². The van der Waals surface area contributed by atoms with Gasteiger partial charge in [-0.3, -0.25) is 9.59 Å². The zero-order valence-corrected chi connectivity index (χ0v) is 22.6. The average Bonchev–Trinajstić information content (AvgIpc) is 3.72. The first-order chi connectivity index (χ1) is 18.9. The van der Waals surface area contributed by atoms with Crippen LogP contribution in [0.4, 0.5) is 0 Å². The summed E-state index contributed by atoms with van der Waals surface area (Å²) in [7, 11) is 3.43. The number of amides is 2. The van der Waals surface area contributed by atoms with E-state index in [2.05, 4.69) is 15.5 Å². The SMILES string of the molecule is COc1ccc(C2=NN(C(=O)CSc3nnc(CNC(=O)c4ccco4)n3C)[C@@H](c3ccc(C)cc3)C2)cc1. The Morgan fingerprint density at radius 2 is 1.87 bits per heavy atom. The standard InChI is InChI=1S/C28H28N6O4S/c1-18-6-8-20(9-7-18)23-15-22(19-10-12-21(37-3)13-11-19)32-34(23)26(35)17-39-28-31-30-25(33(28)2)16-29-27(36)24-5-4-14-38-24/h4-14,23H,15-17H2,1-3H3,(H,29,36)/t23-/m1/s1. The van der Waals surface area contributed by atoms with Gasteiger partial charge in [0.25, 0.3) is 11.8 Å². The number of hydrogen-bond acceptors (Lipinski definition) is 8. The monoisotopic (exact) mass is 544 g/mol. The lowest BCUT2D eigenvalue weighted by atomic mass is 9.97. The molecule has 39 heavy (non-hydrogen) atoms. The van der Waals surface area contributed by atoms with Crippen LogP contribution in [0.5, 0.6) is 5.75 Å². The smallest absolute Gasteiger partial charge is 0.287 e. The van der Waals surface area contributed by atoms with E-state index in [0.29, 0.717) is 17.4 Å². The summed E-state index contributed by atoms with van der Waals surface area (Å²) in [4.78, 5) is 25.6. The van der Waals surface area contributed by atoms with Crippen LogP contribution in [0.3, 0.4) is 0 Å². The van der Waals surface area contributed by atoms with Crippen molar-refractivity contribution < 1.29 is 18.7 Å². The Kier molecular flexibility index (Phi) is 7.78. The van der Waals surface area contributed by atoms with E-state index in [1.807, 2.05) is 55.5 Å². The summed E-state index contributed by atoms with van der Waals surface area (Å²) >= 11 is 1.28. The van der Waals surface area contributed by atoms with Gasteiger partial charge in [0.05, 0.1) is 37.4 Å². The quantitative estimate of drug-likeness (QED) is 0.315. The second kappa shape index (κ2) is 11.6. The summed E-state index contributed by atoms with van der Waals surface area (Å²) in [5, 5.41) is 18.0. The number of nitrogens with one attached hydrogen (secondary N) is 1. The number of hydrazone groups is 1. The fourth-order valence-electron chi connectivity index (χ4n) is 4.22. The Balaban J connectivity index is 1.28. The highest BCUT2D eigenvalue weighted by Gasteiger charge is 2.33. The van der Waals surface area contributed by atoms with E-state index in [1.54, 1.807) is 35.9 Å². The zero-order valence-electron chi connectivity index (χ0n) is 21.8. The molecule has 2 aromatic heterocycles. The zero-order chi connectivity index (χ0) is 27.4. The number of nitrogens with zero attached hydrogens (tertiary/aromatic N) is 5. The van der Waals surface area contributed by atoms with Crippen LogP contribution >= 0.6 is 11.8 Å². The van der Waals surface area contributed by atoms with Crippen LogP contribution in [-0.4, -0.2) is 50.2 Å². The van der Waals surface area contributed by atoms with Gasteiger partial charge >= 0.3 is 0 Å². The maximum Gasteiger partial charge on any atom is 0.287 e. The molecule has 200 valence electrons. The summed E-state index contributed by atoms with van der Waals surface area (Å²) in [5.74, 6) is 1.20. The lowest BCUT2D eigenvalue weighted by molar-refractivity contribution is -0.130. The first-order valence-corrected chi connectivity index (χ1v) is 13.3. The molecule has 3 heterocycles. The molecule has 0 saturated carbocycles. The molecule has 1 N–H and O–H groups in total.